The standard InChI is InChI=1S/C20H30N6O2/c1-14-5-6-18(28-14)17(25-11-3-4-12-25)13-22-20(27)19-15(2)26(24-23-19)16-7-9-21-10-8-16/h5-6,16-17,21H,3-4,7-13H2,1-2H3,(H,22,27). The number of hydrogen-bond donors (Lipinski definition) is 2. The van der Waals surface area contributed by atoms with E-state index in [-0.39, 0.29) is 11.9 Å². The van der Waals surface area contributed by atoms with Gasteiger partial charge in [0.25, 0.3) is 5.91 Å². The fourth-order valence-corrected chi connectivity index (χ4v) is 4.32. The third kappa shape index (κ3) is 3.98. The van der Waals surface area contributed by atoms with Crippen LogP contribution >= 0.6 is 0 Å². The number of hydrogen-bond acceptors (Lipinski definition) is 6. The van der Waals surface area contributed by atoms with Crippen molar-refractivity contribution in [3.63, 3.8) is 0 Å². The summed E-state index contributed by atoms with van der Waals surface area (Å²) in [6.07, 6.45) is 4.40. The molecule has 1 atom stereocenters. The molecule has 0 spiro atoms. The van der Waals surface area contributed by atoms with Gasteiger partial charge in [-0.1, -0.05) is 5.21 Å². The van der Waals surface area contributed by atoms with Crippen molar-refractivity contribution in [1.82, 2.24) is 30.5 Å². The zero-order chi connectivity index (χ0) is 19.5. The van der Waals surface area contributed by atoms with E-state index in [1.54, 1.807) is 0 Å². The summed E-state index contributed by atoms with van der Waals surface area (Å²) in [5.41, 5.74) is 1.27. The van der Waals surface area contributed by atoms with Crippen LogP contribution in [0.25, 0.3) is 0 Å². The number of carbonyl (C=O) groups is 1. The van der Waals surface area contributed by atoms with Gasteiger partial charge in [-0.25, -0.2) is 4.68 Å². The molecule has 4 rings (SSSR count). The van der Waals surface area contributed by atoms with Gasteiger partial charge >= 0.3 is 0 Å². The van der Waals surface area contributed by atoms with Crippen LogP contribution in [0.2, 0.25) is 0 Å². The molecule has 4 heterocycles. The number of nitrogens with one attached hydrogen (secondary N) is 2. The van der Waals surface area contributed by atoms with Crippen molar-refractivity contribution < 1.29 is 9.21 Å². The predicted octanol–water partition coefficient (Wildman–Crippen LogP) is 1.98. The van der Waals surface area contributed by atoms with Crippen LogP contribution < -0.4 is 10.6 Å². The summed E-state index contributed by atoms with van der Waals surface area (Å²) in [6, 6.07) is 4.37. The second kappa shape index (κ2) is 8.45. The minimum atomic E-state index is -0.162. The third-order valence-electron chi connectivity index (χ3n) is 5.92. The fraction of sp³-hybridized carbons (Fsp3) is 0.650. The van der Waals surface area contributed by atoms with Gasteiger partial charge in [-0.2, -0.15) is 0 Å². The lowest BCUT2D eigenvalue weighted by Crippen LogP contribution is -2.37. The number of aromatic nitrogens is 3. The van der Waals surface area contributed by atoms with Gasteiger partial charge in [0, 0.05) is 6.54 Å². The molecule has 0 aromatic carbocycles. The van der Waals surface area contributed by atoms with Gasteiger partial charge in [0.15, 0.2) is 5.69 Å². The largest absolute Gasteiger partial charge is 0.465 e. The number of amides is 1. The van der Waals surface area contributed by atoms with Crippen molar-refractivity contribution in [3.8, 4) is 0 Å². The van der Waals surface area contributed by atoms with Crippen molar-refractivity contribution >= 4 is 5.91 Å². The van der Waals surface area contributed by atoms with Gasteiger partial charge in [-0.3, -0.25) is 9.69 Å². The second-order valence-electron chi connectivity index (χ2n) is 7.87. The number of piperidine rings is 1. The summed E-state index contributed by atoms with van der Waals surface area (Å²) in [5.74, 6) is 1.64. The Balaban J connectivity index is 1.44. The molecule has 2 N–H and O–H groups in total. The zero-order valence-electron chi connectivity index (χ0n) is 16.8. The van der Waals surface area contributed by atoms with Crippen LogP contribution in [0, 0.1) is 13.8 Å². The molecule has 1 amide bonds. The second-order valence-corrected chi connectivity index (χ2v) is 7.87. The van der Waals surface area contributed by atoms with Gasteiger partial charge in [0.2, 0.25) is 0 Å². The zero-order valence-corrected chi connectivity index (χ0v) is 16.8. The molecule has 8 nitrogen and oxygen atoms in total. The van der Waals surface area contributed by atoms with E-state index in [9.17, 15) is 4.79 Å². The molecule has 2 aliphatic rings. The maximum atomic E-state index is 12.8. The molecule has 2 saturated heterocycles. The van der Waals surface area contributed by atoms with Crippen molar-refractivity contribution in [3.05, 3.63) is 35.0 Å². The van der Waals surface area contributed by atoms with Crippen LogP contribution in [0.5, 0.6) is 0 Å². The molecular formula is C20H30N6O2. The Hall–Kier alpha value is -2.19. The Morgan fingerprint density at radius 1 is 1.29 bits per heavy atom. The minimum Gasteiger partial charge on any atom is -0.465 e. The van der Waals surface area contributed by atoms with E-state index in [1.165, 1.54) is 12.8 Å². The van der Waals surface area contributed by atoms with Crippen LogP contribution in [-0.2, 0) is 0 Å². The lowest BCUT2D eigenvalue weighted by atomic mass is 10.1. The van der Waals surface area contributed by atoms with Gasteiger partial charge in [0.1, 0.15) is 11.5 Å². The summed E-state index contributed by atoms with van der Waals surface area (Å²) < 4.78 is 7.79. The lowest BCUT2D eigenvalue weighted by Gasteiger charge is -2.26. The highest BCUT2D eigenvalue weighted by Crippen LogP contribution is 2.26. The van der Waals surface area contributed by atoms with E-state index < -0.39 is 0 Å². The minimum absolute atomic E-state index is 0.0555. The topological polar surface area (TPSA) is 88.2 Å². The first-order valence-electron chi connectivity index (χ1n) is 10.3. The van der Waals surface area contributed by atoms with E-state index >= 15 is 0 Å². The highest BCUT2D eigenvalue weighted by molar-refractivity contribution is 5.93. The Kier molecular flexibility index (Phi) is 5.77. The molecule has 8 heteroatoms. The van der Waals surface area contributed by atoms with E-state index in [0.717, 1.165) is 56.2 Å². The number of rotatable bonds is 6. The van der Waals surface area contributed by atoms with Crippen LogP contribution in [0.3, 0.4) is 0 Å². The number of carbonyl (C=O) groups excluding carboxylic acids is 1. The molecule has 152 valence electrons. The Morgan fingerprint density at radius 3 is 2.71 bits per heavy atom. The van der Waals surface area contributed by atoms with Crippen molar-refractivity contribution in [2.24, 2.45) is 0 Å². The monoisotopic (exact) mass is 386 g/mol. The first-order chi connectivity index (χ1) is 13.6. The van der Waals surface area contributed by atoms with Crippen LogP contribution in [0.1, 0.15) is 65.5 Å². The molecule has 28 heavy (non-hydrogen) atoms. The maximum Gasteiger partial charge on any atom is 0.273 e. The molecular weight excluding hydrogens is 356 g/mol. The van der Waals surface area contributed by atoms with Crippen LogP contribution in [-0.4, -0.2) is 58.5 Å². The fourth-order valence-electron chi connectivity index (χ4n) is 4.32. The molecule has 2 aromatic rings. The average Bonchev–Trinajstić information content (AvgIpc) is 3.45. The number of nitrogens with zero attached hydrogens (tertiary/aromatic N) is 4. The lowest BCUT2D eigenvalue weighted by molar-refractivity contribution is 0.0928. The van der Waals surface area contributed by atoms with Gasteiger partial charge < -0.3 is 15.1 Å². The summed E-state index contributed by atoms with van der Waals surface area (Å²) >= 11 is 0. The Labute approximate surface area is 165 Å². The summed E-state index contributed by atoms with van der Waals surface area (Å²) in [5, 5.41) is 14.9. The average molecular weight is 387 g/mol. The molecule has 0 bridgehead atoms. The van der Waals surface area contributed by atoms with Crippen LogP contribution in [0.15, 0.2) is 16.5 Å². The third-order valence-corrected chi connectivity index (χ3v) is 5.92. The normalized spacial score (nSPS) is 19.8. The highest BCUT2D eigenvalue weighted by atomic mass is 16.3. The maximum absolute atomic E-state index is 12.8. The Bertz CT molecular complexity index is 801. The Morgan fingerprint density at radius 2 is 2.04 bits per heavy atom. The molecule has 2 fully saturated rings. The SMILES string of the molecule is Cc1ccc(C(CNC(=O)c2nnn(C3CCNCC3)c2C)N2CCCC2)o1. The van der Waals surface area contributed by atoms with E-state index in [4.69, 9.17) is 4.42 Å². The molecule has 0 aliphatic carbocycles. The molecule has 2 aliphatic heterocycles. The van der Waals surface area contributed by atoms with E-state index in [1.807, 2.05) is 30.7 Å². The molecule has 2 aromatic heterocycles. The molecule has 1 unspecified atom stereocenters. The van der Waals surface area contributed by atoms with Gasteiger partial charge in [0.05, 0.1) is 17.8 Å². The number of aryl methyl sites for hydroxylation is 1. The highest BCUT2D eigenvalue weighted by Gasteiger charge is 2.28. The summed E-state index contributed by atoms with van der Waals surface area (Å²) in [4.78, 5) is 15.2. The van der Waals surface area contributed by atoms with Gasteiger partial charge in [-0.15, -0.1) is 5.10 Å². The number of furan rings is 1. The van der Waals surface area contributed by atoms with Crippen molar-refractivity contribution in [1.29, 1.82) is 0 Å². The van der Waals surface area contributed by atoms with E-state index in [0.29, 0.717) is 18.3 Å². The smallest absolute Gasteiger partial charge is 0.273 e. The van der Waals surface area contributed by atoms with Crippen LogP contribution in [0.4, 0.5) is 0 Å². The van der Waals surface area contributed by atoms with Crippen molar-refractivity contribution in [2.45, 2.75) is 51.6 Å². The first kappa shape index (κ1) is 19.1. The first-order valence-corrected chi connectivity index (χ1v) is 10.3. The predicted molar refractivity (Wildman–Crippen MR) is 105 cm³/mol. The summed E-state index contributed by atoms with van der Waals surface area (Å²) in [7, 11) is 0. The summed E-state index contributed by atoms with van der Waals surface area (Å²) in [6.45, 7) is 8.41. The molecule has 0 saturated carbocycles. The van der Waals surface area contributed by atoms with Gasteiger partial charge in [-0.05, 0) is 77.8 Å². The molecule has 0 radical (unpaired) electrons. The van der Waals surface area contributed by atoms with Crippen molar-refractivity contribution in [2.75, 3.05) is 32.7 Å². The quantitative estimate of drug-likeness (QED) is 0.789. The number of likely N-dealkylation sites (tertiary alicyclic amines) is 1. The van der Waals surface area contributed by atoms with E-state index in [2.05, 4.69) is 25.8 Å².